The maximum atomic E-state index is 5.70. The van der Waals surface area contributed by atoms with E-state index in [0.717, 1.165) is 18.8 Å². The second-order valence-corrected chi connectivity index (χ2v) is 2.57. The fraction of sp³-hybridized carbons (Fsp3) is 0.833. The van der Waals surface area contributed by atoms with E-state index in [1.807, 2.05) is 7.05 Å². The Morgan fingerprint density at radius 1 is 1.80 bits per heavy atom. The molecule has 1 atom stereocenters. The summed E-state index contributed by atoms with van der Waals surface area (Å²) in [6, 6.07) is 0.0601. The zero-order valence-corrected chi connectivity index (χ0v) is 6.37. The largest absolute Gasteiger partial charge is 0.399 e. The van der Waals surface area contributed by atoms with Gasteiger partial charge in [0.25, 0.3) is 0 Å². The molecule has 1 fully saturated rings. The quantitative estimate of drug-likeness (QED) is 0.492. The van der Waals surface area contributed by atoms with Crippen molar-refractivity contribution >= 4 is 5.71 Å². The highest BCUT2D eigenvalue weighted by molar-refractivity contribution is 5.92. The molecule has 0 amide bonds. The topological polar surface area (TPSA) is 50.8 Å². The van der Waals surface area contributed by atoms with E-state index >= 15 is 0 Å². The van der Waals surface area contributed by atoms with Crippen molar-refractivity contribution in [3.63, 3.8) is 0 Å². The number of hydrogen-bond acceptors (Lipinski definition) is 4. The van der Waals surface area contributed by atoms with Gasteiger partial charge < -0.3 is 10.6 Å². The first-order chi connectivity index (χ1) is 4.74. The molecular weight excluding hydrogens is 130 g/mol. The molecule has 0 aromatic rings. The fourth-order valence-corrected chi connectivity index (χ4v) is 1.11. The van der Waals surface area contributed by atoms with Crippen molar-refractivity contribution in [3.05, 3.63) is 0 Å². The molecule has 1 aliphatic heterocycles. The summed E-state index contributed by atoms with van der Waals surface area (Å²) in [5.74, 6) is 0. The normalized spacial score (nSPS) is 31.5. The van der Waals surface area contributed by atoms with Crippen molar-refractivity contribution in [2.75, 3.05) is 27.2 Å². The second-order valence-electron chi connectivity index (χ2n) is 2.57. The summed E-state index contributed by atoms with van der Waals surface area (Å²) < 4.78 is 0. The van der Waals surface area contributed by atoms with Gasteiger partial charge >= 0.3 is 0 Å². The fourth-order valence-electron chi connectivity index (χ4n) is 1.11. The molecule has 1 aliphatic rings. The average molecular weight is 143 g/mol. The minimum Gasteiger partial charge on any atom is -0.399 e. The summed E-state index contributed by atoms with van der Waals surface area (Å²) in [7, 11) is 3.55. The van der Waals surface area contributed by atoms with Crippen molar-refractivity contribution in [1.82, 2.24) is 4.90 Å². The van der Waals surface area contributed by atoms with Gasteiger partial charge in [-0.3, -0.25) is 4.90 Å². The molecule has 10 heavy (non-hydrogen) atoms. The van der Waals surface area contributed by atoms with Crippen LogP contribution in [0.15, 0.2) is 5.16 Å². The van der Waals surface area contributed by atoms with E-state index in [0.29, 0.717) is 0 Å². The molecule has 0 aromatic heterocycles. The van der Waals surface area contributed by atoms with Crippen LogP contribution in [0.4, 0.5) is 0 Å². The lowest BCUT2D eigenvalue weighted by Crippen LogP contribution is -2.29. The molecule has 1 rings (SSSR count). The standard InChI is InChI=1S/C6H13N3O/c1-9-3-5(7)6(4-9)8-10-2/h5H,3-4,7H2,1-2H3. The molecule has 1 saturated heterocycles. The minimum atomic E-state index is 0.0601. The molecule has 58 valence electrons. The second kappa shape index (κ2) is 2.98. The maximum absolute atomic E-state index is 5.70. The van der Waals surface area contributed by atoms with E-state index in [4.69, 9.17) is 5.73 Å². The maximum Gasteiger partial charge on any atom is 0.106 e. The van der Waals surface area contributed by atoms with Crippen LogP contribution in [0.2, 0.25) is 0 Å². The van der Waals surface area contributed by atoms with Crippen molar-refractivity contribution in [2.24, 2.45) is 10.9 Å². The summed E-state index contributed by atoms with van der Waals surface area (Å²) >= 11 is 0. The predicted molar refractivity (Wildman–Crippen MR) is 39.9 cm³/mol. The van der Waals surface area contributed by atoms with Crippen LogP contribution in [0.3, 0.4) is 0 Å². The highest BCUT2D eigenvalue weighted by Crippen LogP contribution is 2.01. The van der Waals surface area contributed by atoms with Gasteiger partial charge in [-0.1, -0.05) is 5.16 Å². The van der Waals surface area contributed by atoms with E-state index < -0.39 is 0 Å². The third-order valence-electron chi connectivity index (χ3n) is 1.58. The van der Waals surface area contributed by atoms with E-state index in [2.05, 4.69) is 14.9 Å². The summed E-state index contributed by atoms with van der Waals surface area (Å²) in [6.45, 7) is 1.71. The van der Waals surface area contributed by atoms with Gasteiger partial charge in [-0.15, -0.1) is 0 Å². The van der Waals surface area contributed by atoms with E-state index in [-0.39, 0.29) is 6.04 Å². The van der Waals surface area contributed by atoms with Crippen LogP contribution in [-0.4, -0.2) is 43.9 Å². The Kier molecular flexibility index (Phi) is 2.24. The Morgan fingerprint density at radius 3 is 2.90 bits per heavy atom. The molecule has 0 aliphatic carbocycles. The zero-order chi connectivity index (χ0) is 7.56. The van der Waals surface area contributed by atoms with Gasteiger partial charge in [0.15, 0.2) is 0 Å². The van der Waals surface area contributed by atoms with Crippen molar-refractivity contribution in [2.45, 2.75) is 6.04 Å². The van der Waals surface area contributed by atoms with E-state index in [1.165, 1.54) is 7.11 Å². The van der Waals surface area contributed by atoms with Crippen molar-refractivity contribution in [3.8, 4) is 0 Å². The molecular formula is C6H13N3O. The van der Waals surface area contributed by atoms with Gasteiger partial charge in [-0.25, -0.2) is 0 Å². The molecule has 0 saturated carbocycles. The first-order valence-electron chi connectivity index (χ1n) is 3.28. The Morgan fingerprint density at radius 2 is 2.50 bits per heavy atom. The summed E-state index contributed by atoms with van der Waals surface area (Å²) in [6.07, 6.45) is 0. The van der Waals surface area contributed by atoms with Gasteiger partial charge in [-0.2, -0.15) is 0 Å². The van der Waals surface area contributed by atoms with Gasteiger partial charge in [-0.05, 0) is 7.05 Å². The molecule has 1 unspecified atom stereocenters. The van der Waals surface area contributed by atoms with Gasteiger partial charge in [0.05, 0.1) is 11.8 Å². The summed E-state index contributed by atoms with van der Waals surface area (Å²) in [4.78, 5) is 6.74. The van der Waals surface area contributed by atoms with Crippen LogP contribution in [-0.2, 0) is 4.84 Å². The summed E-state index contributed by atoms with van der Waals surface area (Å²) in [5, 5.41) is 3.81. The van der Waals surface area contributed by atoms with Gasteiger partial charge in [0.1, 0.15) is 7.11 Å². The lowest BCUT2D eigenvalue weighted by atomic mass is 10.2. The number of nitrogens with zero attached hydrogens (tertiary/aromatic N) is 2. The monoisotopic (exact) mass is 143 g/mol. The van der Waals surface area contributed by atoms with Crippen molar-refractivity contribution < 1.29 is 4.84 Å². The molecule has 0 bridgehead atoms. The van der Waals surface area contributed by atoms with Crippen molar-refractivity contribution in [1.29, 1.82) is 0 Å². The molecule has 0 radical (unpaired) electrons. The third-order valence-corrected chi connectivity index (χ3v) is 1.58. The number of hydrogen-bond donors (Lipinski definition) is 1. The van der Waals surface area contributed by atoms with Crippen LogP contribution in [0.1, 0.15) is 0 Å². The zero-order valence-electron chi connectivity index (χ0n) is 6.37. The average Bonchev–Trinajstić information content (AvgIpc) is 2.13. The van der Waals surface area contributed by atoms with Gasteiger partial charge in [0.2, 0.25) is 0 Å². The lowest BCUT2D eigenvalue weighted by molar-refractivity contribution is 0.212. The van der Waals surface area contributed by atoms with E-state index in [1.54, 1.807) is 0 Å². The highest BCUT2D eigenvalue weighted by Gasteiger charge is 2.23. The number of likely N-dealkylation sites (tertiary alicyclic amines) is 1. The molecule has 0 spiro atoms. The Labute approximate surface area is 60.6 Å². The third kappa shape index (κ3) is 1.46. The van der Waals surface area contributed by atoms with Crippen LogP contribution in [0.25, 0.3) is 0 Å². The molecule has 1 heterocycles. The Hall–Kier alpha value is -0.610. The number of oxime groups is 1. The minimum absolute atomic E-state index is 0.0601. The molecule has 0 aromatic carbocycles. The smallest absolute Gasteiger partial charge is 0.106 e. The molecule has 4 heteroatoms. The molecule has 2 N–H and O–H groups in total. The number of rotatable bonds is 1. The number of nitrogens with two attached hydrogens (primary N) is 1. The van der Waals surface area contributed by atoms with Crippen LogP contribution < -0.4 is 5.73 Å². The summed E-state index contributed by atoms with van der Waals surface area (Å²) in [5.41, 5.74) is 6.64. The predicted octanol–water partition coefficient (Wildman–Crippen LogP) is -0.738. The highest BCUT2D eigenvalue weighted by atomic mass is 16.6. The van der Waals surface area contributed by atoms with Crippen LogP contribution in [0.5, 0.6) is 0 Å². The lowest BCUT2D eigenvalue weighted by Gasteiger charge is -2.02. The molecule has 4 nitrogen and oxygen atoms in total. The van der Waals surface area contributed by atoms with Gasteiger partial charge in [0, 0.05) is 13.1 Å². The van der Waals surface area contributed by atoms with Crippen LogP contribution in [0, 0.1) is 0 Å². The first kappa shape index (κ1) is 7.50. The number of likely N-dealkylation sites (N-methyl/N-ethyl adjacent to an activating group) is 1. The van der Waals surface area contributed by atoms with E-state index in [9.17, 15) is 0 Å². The Bertz CT molecular complexity index is 146. The Balaban J connectivity index is 2.54. The SMILES string of the molecule is CON=C1CN(C)CC1N. The van der Waals surface area contributed by atoms with Crippen LogP contribution >= 0.6 is 0 Å². The first-order valence-corrected chi connectivity index (χ1v) is 3.28.